The number of ether oxygens (including phenoxy) is 2. The minimum absolute atomic E-state index is 0.0906. The molecule has 1 rings (SSSR count). The molecule has 0 aliphatic carbocycles. The number of benzene rings is 1. The zero-order valence-corrected chi connectivity index (χ0v) is 12.6. The van der Waals surface area contributed by atoms with Crippen LogP contribution in [0.4, 0.5) is 0 Å². The zero-order valence-electron chi connectivity index (χ0n) is 12.6. The van der Waals surface area contributed by atoms with E-state index in [2.05, 4.69) is 20.4 Å². The third kappa shape index (κ3) is 5.17. The number of hydrogen-bond donors (Lipinski definition) is 0. The summed E-state index contributed by atoms with van der Waals surface area (Å²) in [5.74, 6) is 0.763. The van der Waals surface area contributed by atoms with E-state index in [-0.39, 0.29) is 11.4 Å². The lowest BCUT2D eigenvalue weighted by Crippen LogP contribution is -2.34. The molecule has 0 heterocycles. The maximum Gasteiger partial charge on any atom is 0.183 e. The van der Waals surface area contributed by atoms with Crippen molar-refractivity contribution in [3.8, 4) is 5.75 Å². The fraction of sp³-hybridized carbons (Fsp3) is 0.471. The van der Waals surface area contributed by atoms with Gasteiger partial charge in [-0.1, -0.05) is 31.7 Å². The highest BCUT2D eigenvalue weighted by Crippen LogP contribution is 2.24. The average Bonchev–Trinajstić information content (AvgIpc) is 2.47. The molecule has 2 atom stereocenters. The van der Waals surface area contributed by atoms with E-state index in [0.717, 1.165) is 18.6 Å². The lowest BCUT2D eigenvalue weighted by Gasteiger charge is -2.30. The van der Waals surface area contributed by atoms with Crippen molar-refractivity contribution in [2.45, 2.75) is 45.3 Å². The molecule has 0 fully saturated rings. The number of ketones is 1. The quantitative estimate of drug-likeness (QED) is 0.644. The molecule has 1 aromatic rings. The van der Waals surface area contributed by atoms with E-state index in [1.54, 1.807) is 6.92 Å². The van der Waals surface area contributed by atoms with Gasteiger partial charge in [-0.05, 0) is 38.5 Å². The van der Waals surface area contributed by atoms with Gasteiger partial charge in [0.25, 0.3) is 0 Å². The smallest absolute Gasteiger partial charge is 0.183 e. The largest absolute Gasteiger partial charge is 0.488 e. The SMILES string of the molecule is C=CC(=O)C(C)OCCC(C)(CC)Oc1ccccc1. The molecular formula is C17H24O3. The molecule has 0 amide bonds. The average molecular weight is 276 g/mol. The highest BCUT2D eigenvalue weighted by Gasteiger charge is 2.24. The molecule has 1 aromatic carbocycles. The first-order valence-electron chi connectivity index (χ1n) is 7.02. The second-order valence-electron chi connectivity index (χ2n) is 5.09. The Labute approximate surface area is 121 Å². The van der Waals surface area contributed by atoms with Crippen molar-refractivity contribution in [3.05, 3.63) is 43.0 Å². The lowest BCUT2D eigenvalue weighted by molar-refractivity contribution is -0.125. The molecule has 110 valence electrons. The molecule has 0 radical (unpaired) electrons. The van der Waals surface area contributed by atoms with Gasteiger partial charge in [-0.3, -0.25) is 4.79 Å². The summed E-state index contributed by atoms with van der Waals surface area (Å²) in [5.41, 5.74) is -0.293. The van der Waals surface area contributed by atoms with Crippen molar-refractivity contribution in [3.63, 3.8) is 0 Å². The minimum Gasteiger partial charge on any atom is -0.488 e. The first-order chi connectivity index (χ1) is 9.50. The van der Waals surface area contributed by atoms with Gasteiger partial charge < -0.3 is 9.47 Å². The summed E-state index contributed by atoms with van der Waals surface area (Å²) in [5, 5.41) is 0. The molecule has 0 bridgehead atoms. The van der Waals surface area contributed by atoms with Crippen LogP contribution in [0.2, 0.25) is 0 Å². The fourth-order valence-electron chi connectivity index (χ4n) is 1.77. The van der Waals surface area contributed by atoms with Crippen LogP contribution < -0.4 is 4.74 Å². The van der Waals surface area contributed by atoms with Gasteiger partial charge in [-0.2, -0.15) is 0 Å². The van der Waals surface area contributed by atoms with Gasteiger partial charge in [-0.25, -0.2) is 0 Å². The second kappa shape index (κ2) is 7.85. The predicted molar refractivity (Wildman–Crippen MR) is 81.0 cm³/mol. The highest BCUT2D eigenvalue weighted by molar-refractivity contribution is 5.92. The Morgan fingerprint density at radius 1 is 1.40 bits per heavy atom. The Balaban J connectivity index is 2.49. The topological polar surface area (TPSA) is 35.5 Å². The Bertz CT molecular complexity index is 427. The first-order valence-corrected chi connectivity index (χ1v) is 7.02. The van der Waals surface area contributed by atoms with Crippen LogP contribution in [0.3, 0.4) is 0 Å². The van der Waals surface area contributed by atoms with Gasteiger partial charge in [0, 0.05) is 6.42 Å². The van der Waals surface area contributed by atoms with Crippen LogP contribution in [0, 0.1) is 0 Å². The number of carbonyl (C=O) groups is 1. The van der Waals surface area contributed by atoms with Crippen LogP contribution >= 0.6 is 0 Å². The van der Waals surface area contributed by atoms with Crippen LogP contribution in [0.1, 0.15) is 33.6 Å². The van der Waals surface area contributed by atoms with Crippen LogP contribution in [0.15, 0.2) is 43.0 Å². The minimum atomic E-state index is -0.440. The number of para-hydroxylation sites is 1. The van der Waals surface area contributed by atoms with Crippen LogP contribution in [0.5, 0.6) is 5.75 Å². The fourth-order valence-corrected chi connectivity index (χ4v) is 1.77. The van der Waals surface area contributed by atoms with E-state index in [1.807, 2.05) is 30.3 Å². The molecule has 0 saturated carbocycles. The highest BCUT2D eigenvalue weighted by atomic mass is 16.5. The predicted octanol–water partition coefficient (Wildman–Crippen LogP) is 3.78. The Morgan fingerprint density at radius 2 is 2.05 bits per heavy atom. The van der Waals surface area contributed by atoms with Crippen molar-refractivity contribution in [2.24, 2.45) is 0 Å². The molecule has 0 N–H and O–H groups in total. The van der Waals surface area contributed by atoms with Gasteiger partial charge in [0.05, 0.1) is 6.61 Å². The molecule has 0 aromatic heterocycles. The summed E-state index contributed by atoms with van der Waals surface area (Å²) in [7, 11) is 0. The summed E-state index contributed by atoms with van der Waals surface area (Å²) >= 11 is 0. The van der Waals surface area contributed by atoms with Crippen LogP contribution in [0.25, 0.3) is 0 Å². The van der Waals surface area contributed by atoms with E-state index < -0.39 is 6.10 Å². The molecule has 0 saturated heterocycles. The van der Waals surface area contributed by atoms with Gasteiger partial charge in [0.1, 0.15) is 17.5 Å². The van der Waals surface area contributed by atoms with Crippen LogP contribution in [-0.2, 0) is 9.53 Å². The standard InChI is InChI=1S/C17H24O3/c1-5-16(18)14(3)19-13-12-17(4,6-2)20-15-10-8-7-9-11-15/h5,7-11,14H,1,6,12-13H2,2-4H3. The molecular weight excluding hydrogens is 252 g/mol. The van der Waals surface area contributed by atoms with Crippen molar-refractivity contribution >= 4 is 5.78 Å². The maximum absolute atomic E-state index is 11.4. The van der Waals surface area contributed by atoms with E-state index >= 15 is 0 Å². The van der Waals surface area contributed by atoms with Gasteiger partial charge in [0.15, 0.2) is 5.78 Å². The first kappa shape index (κ1) is 16.4. The number of hydrogen-bond acceptors (Lipinski definition) is 3. The zero-order chi connectivity index (χ0) is 15.0. The van der Waals surface area contributed by atoms with Gasteiger partial charge in [-0.15, -0.1) is 0 Å². The Hall–Kier alpha value is -1.61. The van der Waals surface area contributed by atoms with Crippen molar-refractivity contribution in [2.75, 3.05) is 6.61 Å². The lowest BCUT2D eigenvalue weighted by atomic mass is 9.99. The monoisotopic (exact) mass is 276 g/mol. The van der Waals surface area contributed by atoms with Crippen molar-refractivity contribution in [1.29, 1.82) is 0 Å². The van der Waals surface area contributed by atoms with E-state index in [9.17, 15) is 4.79 Å². The third-order valence-electron chi connectivity index (χ3n) is 3.46. The third-order valence-corrected chi connectivity index (χ3v) is 3.46. The van der Waals surface area contributed by atoms with E-state index in [1.165, 1.54) is 6.08 Å². The normalized spacial score (nSPS) is 15.2. The van der Waals surface area contributed by atoms with Crippen molar-refractivity contribution < 1.29 is 14.3 Å². The van der Waals surface area contributed by atoms with E-state index in [0.29, 0.717) is 6.61 Å². The molecule has 3 heteroatoms. The second-order valence-corrected chi connectivity index (χ2v) is 5.09. The Morgan fingerprint density at radius 3 is 2.60 bits per heavy atom. The van der Waals surface area contributed by atoms with Gasteiger partial charge in [0.2, 0.25) is 0 Å². The summed E-state index contributed by atoms with van der Waals surface area (Å²) in [6, 6.07) is 9.75. The number of carbonyl (C=O) groups excluding carboxylic acids is 1. The molecule has 2 unspecified atom stereocenters. The maximum atomic E-state index is 11.4. The summed E-state index contributed by atoms with van der Waals surface area (Å²) in [6.45, 7) is 9.83. The summed E-state index contributed by atoms with van der Waals surface area (Å²) in [4.78, 5) is 11.4. The molecule has 0 spiro atoms. The Kier molecular flexibility index (Phi) is 6.46. The molecule has 0 aliphatic heterocycles. The van der Waals surface area contributed by atoms with E-state index in [4.69, 9.17) is 9.47 Å². The van der Waals surface area contributed by atoms with Crippen molar-refractivity contribution in [1.82, 2.24) is 0 Å². The molecule has 0 aliphatic rings. The van der Waals surface area contributed by atoms with Crippen LogP contribution in [-0.4, -0.2) is 24.1 Å². The summed E-state index contributed by atoms with van der Waals surface area (Å²) < 4.78 is 11.6. The molecule has 3 nitrogen and oxygen atoms in total. The molecule has 20 heavy (non-hydrogen) atoms. The summed E-state index contributed by atoms with van der Waals surface area (Å²) in [6.07, 6.45) is 2.46. The van der Waals surface area contributed by atoms with Gasteiger partial charge >= 0.3 is 0 Å². The number of rotatable bonds is 9.